The molecule has 0 unspecified atom stereocenters. The maximum absolute atomic E-state index is 12.1. The van der Waals surface area contributed by atoms with E-state index in [-0.39, 0.29) is 6.54 Å². The Morgan fingerprint density at radius 3 is 2.19 bits per heavy atom. The van der Waals surface area contributed by atoms with E-state index in [1.807, 2.05) is 20.8 Å². The zero-order chi connectivity index (χ0) is 16.3. The van der Waals surface area contributed by atoms with Crippen LogP contribution in [0.5, 0.6) is 0 Å². The smallest absolute Gasteiger partial charge is 0.209 e. The molecule has 1 aromatic carbocycles. The SMILES string of the molecule is COC(CN[S@](=O)C(C)(C)C)(OC)c1ccc(Cl)cc1Cl. The average molecular weight is 354 g/mol. The van der Waals surface area contributed by atoms with Gasteiger partial charge in [-0.1, -0.05) is 29.3 Å². The van der Waals surface area contributed by atoms with E-state index in [0.717, 1.165) is 0 Å². The minimum absolute atomic E-state index is 0.186. The van der Waals surface area contributed by atoms with Gasteiger partial charge in [0.2, 0.25) is 5.79 Å². The molecule has 1 N–H and O–H groups in total. The third-order valence-electron chi connectivity index (χ3n) is 2.99. The monoisotopic (exact) mass is 353 g/mol. The van der Waals surface area contributed by atoms with Gasteiger partial charge >= 0.3 is 0 Å². The largest absolute Gasteiger partial charge is 0.348 e. The van der Waals surface area contributed by atoms with Crippen LogP contribution in [0.2, 0.25) is 10.0 Å². The highest BCUT2D eigenvalue weighted by Crippen LogP contribution is 2.33. The molecule has 0 aliphatic heterocycles. The molecule has 0 saturated heterocycles. The van der Waals surface area contributed by atoms with E-state index in [9.17, 15) is 4.21 Å². The van der Waals surface area contributed by atoms with Gasteiger partial charge in [0.1, 0.15) is 0 Å². The highest BCUT2D eigenvalue weighted by molar-refractivity contribution is 7.84. The maximum atomic E-state index is 12.1. The van der Waals surface area contributed by atoms with Crippen LogP contribution in [-0.4, -0.2) is 29.7 Å². The summed E-state index contributed by atoms with van der Waals surface area (Å²) >= 11 is 12.1. The lowest BCUT2D eigenvalue weighted by Gasteiger charge is -2.33. The lowest BCUT2D eigenvalue weighted by atomic mass is 10.1. The van der Waals surface area contributed by atoms with Crippen LogP contribution in [0.4, 0.5) is 0 Å². The molecule has 21 heavy (non-hydrogen) atoms. The Morgan fingerprint density at radius 2 is 1.76 bits per heavy atom. The van der Waals surface area contributed by atoms with Crippen LogP contribution in [0.3, 0.4) is 0 Å². The topological polar surface area (TPSA) is 47.6 Å². The Balaban J connectivity index is 3.06. The Kier molecular flexibility index (Phi) is 6.65. The first-order valence-corrected chi connectivity index (χ1v) is 8.28. The van der Waals surface area contributed by atoms with Gasteiger partial charge in [0.15, 0.2) is 0 Å². The van der Waals surface area contributed by atoms with Crippen molar-refractivity contribution in [2.75, 3.05) is 20.8 Å². The third kappa shape index (κ3) is 4.65. The van der Waals surface area contributed by atoms with Crippen LogP contribution < -0.4 is 4.72 Å². The fourth-order valence-corrected chi connectivity index (χ4v) is 3.02. The molecule has 0 aromatic heterocycles. The summed E-state index contributed by atoms with van der Waals surface area (Å²) < 4.78 is 25.7. The first-order chi connectivity index (χ1) is 9.66. The number of rotatable bonds is 6. The second-order valence-electron chi connectivity index (χ2n) is 5.49. The van der Waals surface area contributed by atoms with Gasteiger partial charge in [0, 0.05) is 24.8 Å². The number of hydrogen-bond donors (Lipinski definition) is 1. The van der Waals surface area contributed by atoms with Crippen LogP contribution in [0.15, 0.2) is 18.2 Å². The van der Waals surface area contributed by atoms with Gasteiger partial charge in [-0.15, -0.1) is 0 Å². The summed E-state index contributed by atoms with van der Waals surface area (Å²) in [4.78, 5) is 0. The minimum Gasteiger partial charge on any atom is -0.348 e. The zero-order valence-electron chi connectivity index (χ0n) is 12.8. The van der Waals surface area contributed by atoms with Crippen molar-refractivity contribution >= 4 is 34.2 Å². The quantitative estimate of drug-likeness (QED) is 0.796. The van der Waals surface area contributed by atoms with Crippen molar-refractivity contribution in [2.45, 2.75) is 31.3 Å². The molecule has 120 valence electrons. The number of hydrogen-bond acceptors (Lipinski definition) is 3. The van der Waals surface area contributed by atoms with E-state index in [1.54, 1.807) is 18.2 Å². The molecule has 0 amide bonds. The van der Waals surface area contributed by atoms with Gasteiger partial charge < -0.3 is 9.47 Å². The fraction of sp³-hybridized carbons (Fsp3) is 0.571. The summed E-state index contributed by atoms with van der Waals surface area (Å²) in [6.07, 6.45) is 0. The van der Waals surface area contributed by atoms with E-state index < -0.39 is 21.5 Å². The van der Waals surface area contributed by atoms with Crippen LogP contribution in [0.1, 0.15) is 26.3 Å². The van der Waals surface area contributed by atoms with E-state index in [2.05, 4.69) is 4.72 Å². The van der Waals surface area contributed by atoms with Gasteiger partial charge in [-0.2, -0.15) is 0 Å². The Bertz CT molecular complexity index is 513. The van der Waals surface area contributed by atoms with E-state index in [1.165, 1.54) is 14.2 Å². The molecule has 0 heterocycles. The van der Waals surface area contributed by atoms with Crippen LogP contribution in [-0.2, 0) is 26.2 Å². The van der Waals surface area contributed by atoms with Crippen molar-refractivity contribution in [2.24, 2.45) is 0 Å². The number of ether oxygens (including phenoxy) is 2. The zero-order valence-corrected chi connectivity index (χ0v) is 15.2. The molecule has 7 heteroatoms. The second-order valence-corrected chi connectivity index (χ2v) is 8.38. The van der Waals surface area contributed by atoms with Crippen molar-refractivity contribution in [1.82, 2.24) is 4.72 Å². The van der Waals surface area contributed by atoms with Crippen molar-refractivity contribution < 1.29 is 13.7 Å². The molecule has 0 saturated carbocycles. The first kappa shape index (κ1) is 18.9. The van der Waals surface area contributed by atoms with Crippen LogP contribution in [0.25, 0.3) is 0 Å². The van der Waals surface area contributed by atoms with Gasteiger partial charge in [0.05, 0.1) is 27.3 Å². The molecule has 0 radical (unpaired) electrons. The van der Waals surface area contributed by atoms with Crippen molar-refractivity contribution in [3.05, 3.63) is 33.8 Å². The molecule has 0 fully saturated rings. The van der Waals surface area contributed by atoms with Gasteiger partial charge in [0.25, 0.3) is 0 Å². The number of nitrogens with one attached hydrogen (secondary N) is 1. The number of benzene rings is 1. The Labute approximate surface area is 138 Å². The molecule has 4 nitrogen and oxygen atoms in total. The third-order valence-corrected chi connectivity index (χ3v) is 5.06. The first-order valence-electron chi connectivity index (χ1n) is 6.37. The molecule has 0 aliphatic carbocycles. The average Bonchev–Trinajstić information content (AvgIpc) is 2.40. The van der Waals surface area contributed by atoms with Gasteiger partial charge in [-0.05, 0) is 32.9 Å². The van der Waals surface area contributed by atoms with E-state index in [4.69, 9.17) is 32.7 Å². The minimum atomic E-state index is -1.25. The number of methoxy groups -OCH3 is 2. The molecule has 0 aliphatic rings. The van der Waals surface area contributed by atoms with E-state index >= 15 is 0 Å². The highest BCUT2D eigenvalue weighted by Gasteiger charge is 2.35. The predicted molar refractivity (Wildman–Crippen MR) is 88.1 cm³/mol. The second kappa shape index (κ2) is 7.40. The lowest BCUT2D eigenvalue weighted by Crippen LogP contribution is -2.45. The van der Waals surface area contributed by atoms with Crippen LogP contribution in [0, 0.1) is 0 Å². The maximum Gasteiger partial charge on any atom is 0.209 e. The highest BCUT2D eigenvalue weighted by atomic mass is 35.5. The summed E-state index contributed by atoms with van der Waals surface area (Å²) in [6, 6.07) is 5.06. The molecule has 0 bridgehead atoms. The summed E-state index contributed by atoms with van der Waals surface area (Å²) in [5, 5.41) is 0.950. The van der Waals surface area contributed by atoms with Crippen molar-refractivity contribution in [3.8, 4) is 0 Å². The van der Waals surface area contributed by atoms with Gasteiger partial charge in [-0.25, -0.2) is 8.93 Å². The Morgan fingerprint density at radius 1 is 1.19 bits per heavy atom. The summed E-state index contributed by atoms with van der Waals surface area (Å²) in [5.74, 6) is -1.14. The normalized spacial score (nSPS) is 14.2. The fourth-order valence-electron chi connectivity index (χ4n) is 1.72. The molecule has 1 rings (SSSR count). The van der Waals surface area contributed by atoms with Crippen molar-refractivity contribution in [1.29, 1.82) is 0 Å². The number of halogens is 2. The molecule has 0 spiro atoms. The van der Waals surface area contributed by atoms with E-state index in [0.29, 0.717) is 15.6 Å². The molecule has 1 aromatic rings. The molecular weight excluding hydrogens is 333 g/mol. The predicted octanol–water partition coefficient (Wildman–Crippen LogP) is 3.49. The summed E-state index contributed by atoms with van der Waals surface area (Å²) in [5.41, 5.74) is 0.622. The lowest BCUT2D eigenvalue weighted by molar-refractivity contribution is -0.209. The molecular formula is C14H21Cl2NO3S. The summed E-state index contributed by atoms with van der Waals surface area (Å²) in [6.45, 7) is 5.83. The molecule has 1 atom stereocenters. The summed E-state index contributed by atoms with van der Waals surface area (Å²) in [7, 11) is 1.77. The Hall–Kier alpha value is -0.170. The van der Waals surface area contributed by atoms with Crippen molar-refractivity contribution in [3.63, 3.8) is 0 Å². The standard InChI is InChI=1S/C14H21Cl2NO3S/c1-13(2,3)21(18)17-9-14(19-4,20-5)11-7-6-10(15)8-12(11)16/h6-8,17H,9H2,1-5H3/t21-/m1/s1. The van der Waals surface area contributed by atoms with Gasteiger partial charge in [-0.3, -0.25) is 0 Å². The van der Waals surface area contributed by atoms with Crippen LogP contribution >= 0.6 is 23.2 Å².